The van der Waals surface area contributed by atoms with Gasteiger partial charge in [0, 0.05) is 23.2 Å². The van der Waals surface area contributed by atoms with E-state index in [4.69, 9.17) is 19.2 Å². The minimum atomic E-state index is -0.731. The summed E-state index contributed by atoms with van der Waals surface area (Å²) in [6.45, 7) is 0.903. The van der Waals surface area contributed by atoms with Crippen LogP contribution in [0.5, 0.6) is 5.75 Å². The van der Waals surface area contributed by atoms with Crippen molar-refractivity contribution < 1.29 is 23.5 Å². The number of hydrogen-bond acceptors (Lipinski definition) is 7. The van der Waals surface area contributed by atoms with Gasteiger partial charge in [0.15, 0.2) is 13.2 Å². The second kappa shape index (κ2) is 8.71. The zero-order chi connectivity index (χ0) is 20.8. The summed E-state index contributed by atoms with van der Waals surface area (Å²) in [5, 5.41) is 12.0. The van der Waals surface area contributed by atoms with E-state index in [1.165, 1.54) is 12.1 Å². The van der Waals surface area contributed by atoms with E-state index in [9.17, 15) is 14.4 Å². The monoisotopic (exact) mass is 392 g/mol. The van der Waals surface area contributed by atoms with Crippen LogP contribution in [0.3, 0.4) is 0 Å². The smallest absolute Gasteiger partial charge is 0.344 e. The maximum absolute atomic E-state index is 11.8. The van der Waals surface area contributed by atoms with Crippen molar-refractivity contribution in [2.24, 2.45) is 0 Å². The maximum atomic E-state index is 11.8. The van der Waals surface area contributed by atoms with Crippen LogP contribution < -0.4 is 15.7 Å². The van der Waals surface area contributed by atoms with Crippen molar-refractivity contribution in [2.75, 3.05) is 18.5 Å². The fourth-order valence-corrected chi connectivity index (χ4v) is 2.55. The molecular formula is C21H16N2O6. The van der Waals surface area contributed by atoms with Crippen molar-refractivity contribution in [2.45, 2.75) is 6.92 Å². The van der Waals surface area contributed by atoms with E-state index < -0.39 is 30.7 Å². The number of nitrogens with one attached hydrogen (secondary N) is 1. The number of carbonyl (C=O) groups is 2. The van der Waals surface area contributed by atoms with E-state index in [-0.39, 0.29) is 0 Å². The molecule has 8 nitrogen and oxygen atoms in total. The Bertz CT molecular complexity index is 1160. The van der Waals surface area contributed by atoms with Crippen LogP contribution in [0, 0.1) is 18.3 Å². The first kappa shape index (κ1) is 19.6. The lowest BCUT2D eigenvalue weighted by molar-refractivity contribution is -0.149. The highest BCUT2D eigenvalue weighted by molar-refractivity contribution is 5.92. The number of carbonyl (C=O) groups excluding carboxylic acids is 2. The fourth-order valence-electron chi connectivity index (χ4n) is 2.55. The lowest BCUT2D eigenvalue weighted by Crippen LogP contribution is -2.23. The van der Waals surface area contributed by atoms with Gasteiger partial charge in [-0.25, -0.2) is 9.59 Å². The summed E-state index contributed by atoms with van der Waals surface area (Å²) in [7, 11) is 0. The molecule has 0 spiro atoms. The highest BCUT2D eigenvalue weighted by atomic mass is 16.6. The van der Waals surface area contributed by atoms with Crippen LogP contribution in [-0.4, -0.2) is 25.1 Å². The number of hydrogen-bond donors (Lipinski definition) is 1. The topological polar surface area (TPSA) is 119 Å². The van der Waals surface area contributed by atoms with E-state index >= 15 is 0 Å². The Morgan fingerprint density at radius 3 is 2.59 bits per heavy atom. The average Bonchev–Trinajstić information content (AvgIpc) is 2.71. The predicted molar refractivity (Wildman–Crippen MR) is 103 cm³/mol. The molecule has 0 aliphatic carbocycles. The first-order valence-corrected chi connectivity index (χ1v) is 8.57. The van der Waals surface area contributed by atoms with Crippen LogP contribution in [0.4, 0.5) is 5.69 Å². The third kappa shape index (κ3) is 5.20. The summed E-state index contributed by atoms with van der Waals surface area (Å²) in [6, 6.07) is 14.5. The number of anilines is 1. The average molecular weight is 392 g/mol. The lowest BCUT2D eigenvalue weighted by Gasteiger charge is -2.09. The number of esters is 1. The number of nitriles is 1. The summed E-state index contributed by atoms with van der Waals surface area (Å²) >= 11 is 0. The molecule has 29 heavy (non-hydrogen) atoms. The highest BCUT2D eigenvalue weighted by Gasteiger charge is 2.10. The molecule has 1 amide bonds. The minimum Gasteiger partial charge on any atom is -0.482 e. The molecule has 0 aliphatic rings. The predicted octanol–water partition coefficient (Wildman–Crippen LogP) is 2.53. The Morgan fingerprint density at radius 1 is 1.10 bits per heavy atom. The Hall–Kier alpha value is -4.12. The van der Waals surface area contributed by atoms with Crippen LogP contribution in [0.25, 0.3) is 11.0 Å². The van der Waals surface area contributed by atoms with Gasteiger partial charge in [-0.05, 0) is 48.9 Å². The first-order chi connectivity index (χ1) is 13.9. The van der Waals surface area contributed by atoms with E-state index in [2.05, 4.69) is 5.32 Å². The van der Waals surface area contributed by atoms with Gasteiger partial charge in [0.05, 0.1) is 11.6 Å². The van der Waals surface area contributed by atoms with Gasteiger partial charge >= 0.3 is 11.6 Å². The van der Waals surface area contributed by atoms with E-state index in [1.54, 1.807) is 43.3 Å². The Labute approximate surface area is 165 Å². The molecule has 0 fully saturated rings. The first-order valence-electron chi connectivity index (χ1n) is 8.57. The Morgan fingerprint density at radius 2 is 1.86 bits per heavy atom. The number of benzene rings is 2. The Balaban J connectivity index is 1.49. The van der Waals surface area contributed by atoms with Gasteiger partial charge in [0.1, 0.15) is 11.3 Å². The molecule has 146 valence electrons. The molecular weight excluding hydrogens is 376 g/mol. The zero-order valence-electron chi connectivity index (χ0n) is 15.4. The third-order valence-corrected chi connectivity index (χ3v) is 3.94. The van der Waals surface area contributed by atoms with E-state index in [0.29, 0.717) is 22.6 Å². The van der Waals surface area contributed by atoms with Gasteiger partial charge in [-0.15, -0.1) is 0 Å². The molecule has 0 unspecified atom stereocenters. The minimum absolute atomic E-state index is 0.324. The largest absolute Gasteiger partial charge is 0.482 e. The fraction of sp³-hybridized carbons (Fsp3) is 0.143. The molecule has 2 aromatic carbocycles. The van der Waals surface area contributed by atoms with E-state index in [1.807, 2.05) is 6.07 Å². The number of rotatable bonds is 6. The normalized spacial score (nSPS) is 10.2. The molecule has 0 saturated carbocycles. The summed E-state index contributed by atoms with van der Waals surface area (Å²) in [5.41, 5.74) is 1.60. The van der Waals surface area contributed by atoms with Crippen molar-refractivity contribution in [3.63, 3.8) is 0 Å². The third-order valence-electron chi connectivity index (χ3n) is 3.94. The molecule has 0 atom stereocenters. The molecule has 0 saturated heterocycles. The lowest BCUT2D eigenvalue weighted by atomic mass is 10.1. The number of nitrogens with zero attached hydrogens (tertiary/aromatic N) is 1. The molecule has 0 aliphatic heterocycles. The van der Waals surface area contributed by atoms with Crippen LogP contribution in [0.1, 0.15) is 11.1 Å². The van der Waals surface area contributed by atoms with Crippen LogP contribution in [-0.2, 0) is 14.3 Å². The summed E-state index contributed by atoms with van der Waals surface area (Å²) < 4.78 is 15.3. The molecule has 0 radical (unpaired) electrons. The van der Waals surface area contributed by atoms with Gasteiger partial charge in [0.25, 0.3) is 5.91 Å². The summed E-state index contributed by atoms with van der Waals surface area (Å²) in [4.78, 5) is 35.1. The SMILES string of the molecule is Cc1cc(=O)oc2cc(OCC(=O)OCC(=O)Nc3ccc(C#N)cc3)ccc12. The van der Waals surface area contributed by atoms with E-state index in [0.717, 1.165) is 10.9 Å². The molecule has 3 aromatic rings. The Kier molecular flexibility index (Phi) is 5.90. The zero-order valence-corrected chi connectivity index (χ0v) is 15.4. The van der Waals surface area contributed by atoms with Gasteiger partial charge in [0.2, 0.25) is 0 Å². The van der Waals surface area contributed by atoms with Gasteiger partial charge in [-0.1, -0.05) is 0 Å². The van der Waals surface area contributed by atoms with Crippen molar-refractivity contribution in [1.29, 1.82) is 5.26 Å². The van der Waals surface area contributed by atoms with Crippen molar-refractivity contribution >= 4 is 28.5 Å². The molecule has 8 heteroatoms. The highest BCUT2D eigenvalue weighted by Crippen LogP contribution is 2.22. The van der Waals surface area contributed by atoms with Crippen LogP contribution in [0.2, 0.25) is 0 Å². The summed E-state index contributed by atoms with van der Waals surface area (Å²) in [5.74, 6) is -0.929. The standard InChI is InChI=1S/C21H16N2O6/c1-13-8-20(25)29-18-9-16(6-7-17(13)18)27-12-21(26)28-11-19(24)23-15-4-2-14(10-22)3-5-15/h2-9H,11-12H2,1H3,(H,23,24). The molecule has 3 rings (SSSR count). The van der Waals surface area contributed by atoms with Crippen molar-refractivity contribution in [3.8, 4) is 11.8 Å². The van der Waals surface area contributed by atoms with Gasteiger partial charge in [-0.3, -0.25) is 4.79 Å². The van der Waals surface area contributed by atoms with Gasteiger partial charge in [-0.2, -0.15) is 5.26 Å². The number of aryl methyl sites for hydroxylation is 1. The number of ether oxygens (including phenoxy) is 2. The molecule has 0 bridgehead atoms. The summed E-state index contributed by atoms with van der Waals surface area (Å²) in [6.07, 6.45) is 0. The quantitative estimate of drug-likeness (QED) is 0.506. The number of fused-ring (bicyclic) bond motifs is 1. The molecule has 1 N–H and O–H groups in total. The van der Waals surface area contributed by atoms with Crippen molar-refractivity contribution in [1.82, 2.24) is 0 Å². The van der Waals surface area contributed by atoms with Crippen molar-refractivity contribution in [3.05, 3.63) is 70.1 Å². The second-order valence-electron chi connectivity index (χ2n) is 6.09. The molecule has 1 heterocycles. The van der Waals surface area contributed by atoms with Crippen LogP contribution >= 0.6 is 0 Å². The number of amides is 1. The maximum Gasteiger partial charge on any atom is 0.344 e. The van der Waals surface area contributed by atoms with Crippen LogP contribution in [0.15, 0.2) is 57.7 Å². The molecule has 1 aromatic heterocycles. The van der Waals surface area contributed by atoms with Gasteiger partial charge < -0.3 is 19.2 Å². The second-order valence-corrected chi connectivity index (χ2v) is 6.09.